The highest BCUT2D eigenvalue weighted by Gasteiger charge is 2.24. The Morgan fingerprint density at radius 2 is 2.00 bits per heavy atom. The first-order chi connectivity index (χ1) is 9.23. The van der Waals surface area contributed by atoms with E-state index in [1.807, 2.05) is 20.8 Å². The molecular formula is C12H19N3O4S. The highest BCUT2D eigenvalue weighted by Crippen LogP contribution is 2.18. The third-order valence-corrected chi connectivity index (χ3v) is 3.75. The molecule has 7 nitrogen and oxygen atoms in total. The number of thiol groups is 1. The predicted octanol–water partition coefficient (Wildman–Crippen LogP) is 1.28. The minimum atomic E-state index is -0.859. The maximum absolute atomic E-state index is 12.2. The lowest BCUT2D eigenvalue weighted by Crippen LogP contribution is -2.43. The summed E-state index contributed by atoms with van der Waals surface area (Å²) in [5.74, 6) is 0.454. The lowest BCUT2D eigenvalue weighted by Gasteiger charge is -2.22. The minimum absolute atomic E-state index is 0.0968. The average molecular weight is 301 g/mol. The molecule has 20 heavy (non-hydrogen) atoms. The molecule has 8 heteroatoms. The minimum Gasteiger partial charge on any atom is -0.293 e. The molecule has 0 aromatic carbocycles. The van der Waals surface area contributed by atoms with E-state index >= 15 is 0 Å². The van der Waals surface area contributed by atoms with Gasteiger partial charge >= 0.3 is 16.9 Å². The van der Waals surface area contributed by atoms with Crippen molar-refractivity contribution in [3.05, 3.63) is 37.1 Å². The van der Waals surface area contributed by atoms with Crippen LogP contribution in [0.4, 0.5) is 5.69 Å². The number of hydrogen-bond donors (Lipinski definition) is 1. The normalized spacial score (nSPS) is 11.6. The number of rotatable bonds is 6. The second-order valence-electron chi connectivity index (χ2n) is 5.46. The zero-order valence-corrected chi connectivity index (χ0v) is 12.7. The van der Waals surface area contributed by atoms with Crippen molar-refractivity contribution in [3.8, 4) is 0 Å². The summed E-state index contributed by atoms with van der Waals surface area (Å²) in [5, 5.41) is 10.9. The van der Waals surface area contributed by atoms with E-state index in [9.17, 15) is 19.7 Å². The van der Waals surface area contributed by atoms with Crippen LogP contribution in [0.15, 0.2) is 15.8 Å². The molecule has 1 rings (SSSR count). The number of hydrogen-bond acceptors (Lipinski definition) is 5. The summed E-state index contributed by atoms with van der Waals surface area (Å²) >= 11 is 4.18. The molecular weight excluding hydrogens is 282 g/mol. The van der Waals surface area contributed by atoms with Crippen molar-refractivity contribution in [1.29, 1.82) is 0 Å². The van der Waals surface area contributed by atoms with Crippen molar-refractivity contribution in [3.63, 3.8) is 0 Å². The smallest absolute Gasteiger partial charge is 0.293 e. The lowest BCUT2D eigenvalue weighted by molar-refractivity contribution is -0.387. The molecule has 0 aliphatic rings. The molecule has 112 valence electrons. The Labute approximate surface area is 121 Å². The number of aromatic nitrogens is 2. The van der Waals surface area contributed by atoms with Crippen LogP contribution in [0.1, 0.15) is 27.2 Å². The van der Waals surface area contributed by atoms with Crippen LogP contribution in [0.2, 0.25) is 0 Å². The van der Waals surface area contributed by atoms with Crippen LogP contribution < -0.4 is 11.2 Å². The summed E-state index contributed by atoms with van der Waals surface area (Å²) in [5.41, 5.74) is -2.36. The van der Waals surface area contributed by atoms with Crippen LogP contribution >= 0.6 is 12.6 Å². The molecule has 0 saturated heterocycles. The first kappa shape index (κ1) is 16.5. The molecule has 0 bridgehead atoms. The van der Waals surface area contributed by atoms with Gasteiger partial charge in [0.2, 0.25) is 0 Å². The van der Waals surface area contributed by atoms with E-state index in [-0.39, 0.29) is 6.54 Å². The molecule has 1 aromatic rings. The van der Waals surface area contributed by atoms with Gasteiger partial charge in [0, 0.05) is 13.1 Å². The van der Waals surface area contributed by atoms with Crippen LogP contribution in [0.5, 0.6) is 0 Å². The van der Waals surface area contributed by atoms with Gasteiger partial charge in [0.25, 0.3) is 0 Å². The van der Waals surface area contributed by atoms with Crippen molar-refractivity contribution >= 4 is 18.3 Å². The van der Waals surface area contributed by atoms with E-state index in [1.165, 1.54) is 4.57 Å². The summed E-state index contributed by atoms with van der Waals surface area (Å²) in [7, 11) is 0. The van der Waals surface area contributed by atoms with Crippen LogP contribution in [0, 0.1) is 15.5 Å². The van der Waals surface area contributed by atoms with Gasteiger partial charge in [0.05, 0.1) is 11.1 Å². The second-order valence-corrected chi connectivity index (χ2v) is 5.78. The fourth-order valence-electron chi connectivity index (χ4n) is 1.78. The van der Waals surface area contributed by atoms with Crippen LogP contribution in [0.3, 0.4) is 0 Å². The van der Waals surface area contributed by atoms with Crippen LogP contribution in [-0.2, 0) is 13.1 Å². The Morgan fingerprint density at radius 1 is 1.40 bits per heavy atom. The zero-order chi connectivity index (χ0) is 15.5. The van der Waals surface area contributed by atoms with Gasteiger partial charge in [-0.1, -0.05) is 20.8 Å². The molecule has 0 spiro atoms. The second kappa shape index (κ2) is 6.25. The molecule has 0 unspecified atom stereocenters. The SMILES string of the molecule is CCCn1cc([N+](=O)[O-])c(=O)n(CC(C)(C)CS)c1=O. The van der Waals surface area contributed by atoms with Gasteiger partial charge < -0.3 is 0 Å². The topological polar surface area (TPSA) is 87.1 Å². The summed E-state index contributed by atoms with van der Waals surface area (Å²) in [6.07, 6.45) is 1.67. The Balaban J connectivity index is 3.52. The van der Waals surface area contributed by atoms with E-state index in [1.54, 1.807) is 0 Å². The molecule has 0 radical (unpaired) electrons. The van der Waals surface area contributed by atoms with Gasteiger partial charge in [0.15, 0.2) is 0 Å². The van der Waals surface area contributed by atoms with E-state index in [0.29, 0.717) is 18.7 Å². The molecule has 0 amide bonds. The molecule has 1 heterocycles. The third-order valence-electron chi connectivity index (χ3n) is 2.89. The zero-order valence-electron chi connectivity index (χ0n) is 11.8. The van der Waals surface area contributed by atoms with Crippen molar-refractivity contribution < 1.29 is 4.92 Å². The number of aryl methyl sites for hydroxylation is 1. The van der Waals surface area contributed by atoms with Gasteiger partial charge in [-0.2, -0.15) is 12.6 Å². The number of nitrogens with zero attached hydrogens (tertiary/aromatic N) is 3. The third kappa shape index (κ3) is 3.50. The Bertz CT molecular complexity index is 618. The van der Waals surface area contributed by atoms with Gasteiger partial charge in [-0.05, 0) is 17.6 Å². The van der Waals surface area contributed by atoms with Gasteiger partial charge in [-0.25, -0.2) is 4.79 Å². The fraction of sp³-hybridized carbons (Fsp3) is 0.667. The molecule has 1 aromatic heterocycles. The molecule has 0 fully saturated rings. The number of nitro groups is 1. The van der Waals surface area contributed by atoms with Crippen molar-refractivity contribution in [2.75, 3.05) is 5.75 Å². The predicted molar refractivity (Wildman–Crippen MR) is 79.5 cm³/mol. The first-order valence-electron chi connectivity index (χ1n) is 6.33. The highest BCUT2D eigenvalue weighted by atomic mass is 32.1. The van der Waals surface area contributed by atoms with Crippen LogP contribution in [0.25, 0.3) is 0 Å². The lowest BCUT2D eigenvalue weighted by atomic mass is 9.96. The van der Waals surface area contributed by atoms with E-state index in [0.717, 1.165) is 10.8 Å². The summed E-state index contributed by atoms with van der Waals surface area (Å²) in [6.45, 7) is 5.97. The van der Waals surface area contributed by atoms with Crippen molar-refractivity contribution in [2.24, 2.45) is 5.41 Å². The quantitative estimate of drug-likeness (QED) is 0.487. The van der Waals surface area contributed by atoms with Gasteiger partial charge in [0.1, 0.15) is 0 Å². The molecule has 0 aliphatic carbocycles. The van der Waals surface area contributed by atoms with Crippen molar-refractivity contribution in [2.45, 2.75) is 40.3 Å². The monoisotopic (exact) mass is 301 g/mol. The standard InChI is InChI=1S/C12H19N3O4S/c1-4-5-13-6-9(15(18)19)10(16)14(11(13)17)7-12(2,3)8-20/h6,20H,4-5,7-8H2,1-3H3. The van der Waals surface area contributed by atoms with Crippen molar-refractivity contribution in [1.82, 2.24) is 9.13 Å². The largest absolute Gasteiger partial charge is 0.350 e. The Hall–Kier alpha value is -1.57. The van der Waals surface area contributed by atoms with E-state index in [4.69, 9.17) is 0 Å². The summed E-state index contributed by atoms with van der Waals surface area (Å²) in [6, 6.07) is 0. The maximum Gasteiger partial charge on any atom is 0.350 e. The fourth-order valence-corrected chi connectivity index (χ4v) is 1.88. The van der Waals surface area contributed by atoms with E-state index in [2.05, 4.69) is 12.6 Å². The Morgan fingerprint density at radius 3 is 2.45 bits per heavy atom. The highest BCUT2D eigenvalue weighted by molar-refractivity contribution is 7.80. The Kier molecular flexibility index (Phi) is 5.15. The molecule has 0 atom stereocenters. The average Bonchev–Trinajstić information content (AvgIpc) is 2.37. The molecule has 0 N–H and O–H groups in total. The summed E-state index contributed by atoms with van der Waals surface area (Å²) in [4.78, 5) is 34.5. The molecule has 0 saturated carbocycles. The first-order valence-corrected chi connectivity index (χ1v) is 6.96. The van der Waals surface area contributed by atoms with Crippen LogP contribution in [-0.4, -0.2) is 19.8 Å². The van der Waals surface area contributed by atoms with Gasteiger partial charge in [-0.15, -0.1) is 0 Å². The maximum atomic E-state index is 12.2. The van der Waals surface area contributed by atoms with Gasteiger partial charge in [-0.3, -0.25) is 24.0 Å². The van der Waals surface area contributed by atoms with E-state index < -0.39 is 27.3 Å². The summed E-state index contributed by atoms with van der Waals surface area (Å²) < 4.78 is 2.15. The molecule has 0 aliphatic heterocycles.